The molecule has 314 valence electrons. The fourth-order valence-electron chi connectivity index (χ4n) is 8.20. The number of amides is 1. The molecule has 8 heteroatoms. The minimum Gasteiger partial charge on any atom is -1.00 e. The lowest BCUT2D eigenvalue weighted by molar-refractivity contribution is -0.862. The van der Waals surface area contributed by atoms with E-state index in [2.05, 4.69) is 27.7 Å². The molecule has 54 heavy (non-hydrogen) atoms. The average molecular weight is 780 g/mol. The van der Waals surface area contributed by atoms with Gasteiger partial charge in [-0.15, -0.1) is 4.57 Å². The fourth-order valence-corrected chi connectivity index (χ4v) is 8.20. The van der Waals surface area contributed by atoms with Crippen molar-refractivity contribution in [3.8, 4) is 0 Å². The van der Waals surface area contributed by atoms with Crippen LogP contribution < -0.4 is 22.7 Å². The number of aromatic nitrogens is 1. The largest absolute Gasteiger partial charge is 1.00 e. The minimum atomic E-state index is -1.10. The summed E-state index contributed by atoms with van der Waals surface area (Å²) in [6, 6.07) is 3.63. The monoisotopic (exact) mass is 779 g/mol. The van der Waals surface area contributed by atoms with Crippen LogP contribution >= 0.6 is 0 Å². The second-order valence-corrected chi connectivity index (χ2v) is 16.1. The maximum absolute atomic E-state index is 13.1. The Bertz CT molecular complexity index is 1070. The normalized spacial score (nSPS) is 19.5. The lowest BCUT2D eigenvalue weighted by Crippen LogP contribution is -3.00. The van der Waals surface area contributed by atoms with Crippen LogP contribution in [-0.2, 0) is 24.9 Å². The Labute approximate surface area is 338 Å². The molecular weight excluding hydrogens is 696 g/mol. The Hall–Kier alpha value is -1.70. The first-order valence-corrected chi connectivity index (χ1v) is 22.7. The third-order valence-corrected chi connectivity index (χ3v) is 11.4. The number of ether oxygens (including phenoxy) is 3. The molecule has 0 aromatic carbocycles. The van der Waals surface area contributed by atoms with E-state index >= 15 is 0 Å². The zero-order valence-corrected chi connectivity index (χ0v) is 36.2. The smallest absolute Gasteiger partial charge is 0.394 e. The molecule has 2 N–H and O–H groups in total. The second kappa shape index (κ2) is 32.4. The van der Waals surface area contributed by atoms with E-state index in [0.29, 0.717) is 18.6 Å². The molecule has 1 aliphatic heterocycles. The van der Waals surface area contributed by atoms with E-state index in [-0.39, 0.29) is 42.9 Å². The Morgan fingerprint density at radius 1 is 0.685 bits per heavy atom. The number of primary amides is 1. The summed E-state index contributed by atoms with van der Waals surface area (Å²) >= 11 is 0. The molecule has 2 rings (SSSR count). The van der Waals surface area contributed by atoms with Crippen molar-refractivity contribution in [1.29, 1.82) is 0 Å². The number of nitrogens with two attached hydrogens (primary N) is 1. The maximum Gasteiger partial charge on any atom is 0.394 e. The molecule has 2 heterocycles. The van der Waals surface area contributed by atoms with Crippen LogP contribution in [0.25, 0.3) is 0 Å². The second-order valence-electron chi connectivity index (χ2n) is 16.1. The van der Waals surface area contributed by atoms with Gasteiger partial charge in [0.2, 0.25) is 0 Å². The van der Waals surface area contributed by atoms with Gasteiger partial charge in [-0.3, -0.25) is 19.1 Å². The number of pyridine rings is 1. The molecule has 1 aliphatic rings. The van der Waals surface area contributed by atoms with Crippen LogP contribution in [-0.4, -0.2) is 31.2 Å². The van der Waals surface area contributed by atoms with Crippen LogP contribution in [0.3, 0.4) is 0 Å². The molecule has 0 aliphatic carbocycles. The number of carbonyl (C=O) groups is 2. The van der Waals surface area contributed by atoms with Crippen LogP contribution in [0.1, 0.15) is 224 Å². The Morgan fingerprint density at radius 3 is 1.70 bits per heavy atom. The molecule has 0 bridgehead atoms. The summed E-state index contributed by atoms with van der Waals surface area (Å²) in [7, 11) is 0. The van der Waals surface area contributed by atoms with Gasteiger partial charge in [0.15, 0.2) is 12.4 Å². The zero-order chi connectivity index (χ0) is 38.4. The number of hydrogen-bond acceptors (Lipinski definition) is 5. The summed E-state index contributed by atoms with van der Waals surface area (Å²) < 4.78 is 22.2. The number of nitrogens with zero attached hydrogens (tertiary/aromatic N) is 1. The van der Waals surface area contributed by atoms with Gasteiger partial charge in [0, 0.05) is 18.4 Å². The first-order chi connectivity index (χ1) is 25.9. The highest BCUT2D eigenvalue weighted by molar-refractivity contribution is 5.92. The number of rotatable bonds is 35. The van der Waals surface area contributed by atoms with Gasteiger partial charge in [0.1, 0.15) is 18.3 Å². The van der Waals surface area contributed by atoms with Crippen molar-refractivity contribution in [2.45, 2.75) is 226 Å². The van der Waals surface area contributed by atoms with Gasteiger partial charge >= 0.3 is 11.9 Å². The third kappa shape index (κ3) is 19.9. The van der Waals surface area contributed by atoms with Crippen LogP contribution in [0.4, 0.5) is 0 Å². The quantitative estimate of drug-likeness (QED) is 0.0422. The molecule has 1 fully saturated rings. The molecule has 4 atom stereocenters. The summed E-state index contributed by atoms with van der Waals surface area (Å²) in [4.78, 5) is 25.5. The SMILES string of the molecule is CCCCCCCCCC[C@@H]1[C@H](COC(=O)CCCCCCCCC)O[C@@](OCCCCC)([n+]2cccc(C(N)=O)c2)[C@@H]1CCCCCCCCCC.[Cl-]. The number of carbonyl (C=O) groups excluding carboxylic acids is 2. The summed E-state index contributed by atoms with van der Waals surface area (Å²) in [6.45, 7) is 9.78. The molecule has 1 aromatic rings. The van der Waals surface area contributed by atoms with E-state index in [1.54, 1.807) is 6.07 Å². The summed E-state index contributed by atoms with van der Waals surface area (Å²) in [5.74, 6) is -1.47. The lowest BCUT2D eigenvalue weighted by Gasteiger charge is -2.30. The van der Waals surface area contributed by atoms with Gasteiger partial charge in [-0.1, -0.05) is 182 Å². The molecule has 0 spiro atoms. The van der Waals surface area contributed by atoms with E-state index in [4.69, 9.17) is 19.9 Å². The fraction of sp³-hybridized carbons (Fsp3) is 0.848. The van der Waals surface area contributed by atoms with E-state index in [1.165, 1.54) is 122 Å². The molecule has 0 radical (unpaired) electrons. The molecule has 0 saturated carbocycles. The van der Waals surface area contributed by atoms with Gasteiger partial charge in [-0.2, -0.15) is 0 Å². The highest BCUT2D eigenvalue weighted by Crippen LogP contribution is 2.47. The van der Waals surface area contributed by atoms with E-state index in [9.17, 15) is 9.59 Å². The molecule has 1 saturated heterocycles. The van der Waals surface area contributed by atoms with Crippen molar-refractivity contribution in [2.24, 2.45) is 17.6 Å². The van der Waals surface area contributed by atoms with Gasteiger partial charge in [-0.25, -0.2) is 0 Å². The average Bonchev–Trinajstić information content (AvgIpc) is 3.46. The topological polar surface area (TPSA) is 91.7 Å². The summed E-state index contributed by atoms with van der Waals surface area (Å²) in [6.07, 6.45) is 37.4. The van der Waals surface area contributed by atoms with Gasteiger partial charge in [-0.05, 0) is 31.7 Å². The summed E-state index contributed by atoms with van der Waals surface area (Å²) in [5.41, 5.74) is 6.25. The summed E-state index contributed by atoms with van der Waals surface area (Å²) in [5, 5.41) is 0. The van der Waals surface area contributed by atoms with Crippen molar-refractivity contribution in [2.75, 3.05) is 13.2 Å². The maximum atomic E-state index is 13.1. The number of esters is 1. The van der Waals surface area contributed by atoms with Crippen molar-refractivity contribution >= 4 is 11.9 Å². The van der Waals surface area contributed by atoms with Crippen LogP contribution in [0.2, 0.25) is 0 Å². The predicted octanol–water partition coefficient (Wildman–Crippen LogP) is 9.27. The molecular formula is C46H83ClN2O5. The number of unbranched alkanes of at least 4 members (excludes halogenated alkanes) is 22. The van der Waals surface area contributed by atoms with Crippen molar-refractivity contribution < 1.29 is 40.8 Å². The highest BCUT2D eigenvalue weighted by Gasteiger charge is 2.63. The van der Waals surface area contributed by atoms with Gasteiger partial charge in [0.25, 0.3) is 5.91 Å². The first kappa shape index (κ1) is 50.3. The highest BCUT2D eigenvalue weighted by atomic mass is 35.5. The van der Waals surface area contributed by atoms with Gasteiger partial charge < -0.3 is 22.9 Å². The van der Waals surface area contributed by atoms with Gasteiger partial charge in [0.05, 0.1) is 12.5 Å². The Morgan fingerprint density at radius 2 is 1.17 bits per heavy atom. The molecule has 7 nitrogen and oxygen atoms in total. The zero-order valence-electron chi connectivity index (χ0n) is 35.4. The van der Waals surface area contributed by atoms with E-state index in [0.717, 1.165) is 57.8 Å². The first-order valence-electron chi connectivity index (χ1n) is 22.7. The van der Waals surface area contributed by atoms with Crippen LogP contribution in [0.5, 0.6) is 0 Å². The predicted molar refractivity (Wildman–Crippen MR) is 218 cm³/mol. The van der Waals surface area contributed by atoms with Crippen molar-refractivity contribution in [3.63, 3.8) is 0 Å². The Balaban J connectivity index is 0.0000146. The number of hydrogen-bond donors (Lipinski definition) is 1. The molecule has 0 unspecified atom stereocenters. The molecule has 1 amide bonds. The van der Waals surface area contributed by atoms with Crippen LogP contribution in [0.15, 0.2) is 24.5 Å². The van der Waals surface area contributed by atoms with E-state index in [1.807, 2.05) is 23.0 Å². The minimum absolute atomic E-state index is 0. The lowest BCUT2D eigenvalue weighted by atomic mass is 9.80. The number of halogens is 1. The van der Waals surface area contributed by atoms with Crippen molar-refractivity contribution in [3.05, 3.63) is 30.1 Å². The molecule has 1 aromatic heterocycles. The van der Waals surface area contributed by atoms with E-state index < -0.39 is 11.8 Å². The van der Waals surface area contributed by atoms with Crippen molar-refractivity contribution in [1.82, 2.24) is 0 Å². The standard InChI is InChI=1S/C46H82N2O5.ClH/c1-5-9-13-16-19-22-24-27-33-41-42(34-28-25-23-20-17-14-10-6-2)46(52-37-30-12-8-4,48-36-31-32-40(38-48)45(47)50)53-43(41)39-51-44(49)35-29-26-21-18-15-11-7-3;/h31-32,36,38,41-43H,5-30,33-35,37,39H2,1-4H3,(H-,47,50);1H/t41-,42+,43-,46+;/m0./s1. The van der Waals surface area contributed by atoms with Crippen LogP contribution in [0, 0.1) is 11.8 Å². The Kier molecular flexibility index (Phi) is 30.2. The third-order valence-electron chi connectivity index (χ3n) is 11.4.